The predicted octanol–water partition coefficient (Wildman–Crippen LogP) is 3.08. The van der Waals surface area contributed by atoms with E-state index in [2.05, 4.69) is 10.6 Å². The van der Waals surface area contributed by atoms with Gasteiger partial charge >= 0.3 is 6.03 Å². The standard InChI is InChI=1S/C19H27ClN4O2/c1-4-10-21-19(26)24-11-9-16(15-12-14(20)7-8-17(15)24)22-13-18(25)23(5-2)6-3/h7-9,12,22H,4-6,10-11,13H2,1-3H3,(H,21,26). The van der Waals surface area contributed by atoms with Crippen LogP contribution in [-0.2, 0) is 4.79 Å². The summed E-state index contributed by atoms with van der Waals surface area (Å²) in [6.07, 6.45) is 2.79. The van der Waals surface area contributed by atoms with Crippen molar-refractivity contribution in [1.29, 1.82) is 0 Å². The van der Waals surface area contributed by atoms with E-state index < -0.39 is 0 Å². The van der Waals surface area contributed by atoms with Crippen molar-refractivity contribution in [3.8, 4) is 0 Å². The van der Waals surface area contributed by atoms with E-state index in [1.165, 1.54) is 0 Å². The van der Waals surface area contributed by atoms with E-state index >= 15 is 0 Å². The smallest absolute Gasteiger partial charge is 0.322 e. The van der Waals surface area contributed by atoms with Crippen LogP contribution in [0, 0.1) is 0 Å². The summed E-state index contributed by atoms with van der Waals surface area (Å²) in [5, 5.41) is 6.69. The van der Waals surface area contributed by atoms with Crippen LogP contribution in [0.25, 0.3) is 5.70 Å². The van der Waals surface area contributed by atoms with E-state index in [-0.39, 0.29) is 18.5 Å². The Morgan fingerprint density at radius 1 is 1.23 bits per heavy atom. The molecule has 0 aliphatic carbocycles. The normalized spacial score (nSPS) is 12.9. The number of halogens is 1. The SMILES string of the molecule is CCCNC(=O)N1CC=C(NCC(=O)N(CC)CC)c2cc(Cl)ccc21. The molecule has 0 aromatic heterocycles. The van der Waals surface area contributed by atoms with Gasteiger partial charge in [-0.2, -0.15) is 0 Å². The molecule has 0 fully saturated rings. The lowest BCUT2D eigenvalue weighted by atomic mass is 10.0. The maximum Gasteiger partial charge on any atom is 0.322 e. The predicted molar refractivity (Wildman–Crippen MR) is 106 cm³/mol. The number of anilines is 1. The molecule has 1 heterocycles. The number of carbonyl (C=O) groups excluding carboxylic acids is 2. The molecule has 2 N–H and O–H groups in total. The van der Waals surface area contributed by atoms with Crippen LogP contribution in [0.15, 0.2) is 24.3 Å². The molecule has 1 aromatic carbocycles. The van der Waals surface area contributed by atoms with Crippen molar-refractivity contribution in [2.75, 3.05) is 37.6 Å². The monoisotopic (exact) mass is 378 g/mol. The Morgan fingerprint density at radius 3 is 2.62 bits per heavy atom. The van der Waals surface area contributed by atoms with Crippen LogP contribution in [0.4, 0.5) is 10.5 Å². The molecular weight excluding hydrogens is 352 g/mol. The molecule has 1 aliphatic heterocycles. The van der Waals surface area contributed by atoms with Crippen LogP contribution >= 0.6 is 11.6 Å². The number of hydrogen-bond acceptors (Lipinski definition) is 3. The first-order chi connectivity index (χ1) is 12.5. The van der Waals surface area contributed by atoms with Crippen molar-refractivity contribution in [1.82, 2.24) is 15.5 Å². The van der Waals surface area contributed by atoms with Gasteiger partial charge in [-0.3, -0.25) is 9.69 Å². The number of benzene rings is 1. The van der Waals surface area contributed by atoms with Crippen LogP contribution in [0.2, 0.25) is 5.02 Å². The first-order valence-corrected chi connectivity index (χ1v) is 9.46. The van der Waals surface area contributed by atoms with Gasteiger partial charge in [-0.1, -0.05) is 18.5 Å². The molecular formula is C19H27ClN4O2. The van der Waals surface area contributed by atoms with Crippen molar-refractivity contribution in [3.63, 3.8) is 0 Å². The Kier molecular flexibility index (Phi) is 7.33. The fourth-order valence-corrected chi connectivity index (χ4v) is 3.07. The van der Waals surface area contributed by atoms with Gasteiger partial charge < -0.3 is 15.5 Å². The quantitative estimate of drug-likeness (QED) is 0.766. The van der Waals surface area contributed by atoms with E-state index in [1.807, 2.05) is 39.0 Å². The zero-order chi connectivity index (χ0) is 19.1. The summed E-state index contributed by atoms with van der Waals surface area (Å²) in [5.74, 6) is 0.0441. The minimum Gasteiger partial charge on any atom is -0.376 e. The largest absolute Gasteiger partial charge is 0.376 e. The maximum atomic E-state index is 12.4. The van der Waals surface area contributed by atoms with Gasteiger partial charge in [0, 0.05) is 42.5 Å². The summed E-state index contributed by atoms with van der Waals surface area (Å²) >= 11 is 6.16. The van der Waals surface area contributed by atoms with Gasteiger partial charge in [0.05, 0.1) is 12.2 Å². The summed E-state index contributed by atoms with van der Waals surface area (Å²) in [5.41, 5.74) is 2.42. The number of fused-ring (bicyclic) bond motifs is 1. The molecule has 0 radical (unpaired) electrons. The van der Waals surface area contributed by atoms with Gasteiger partial charge in [0.1, 0.15) is 0 Å². The van der Waals surface area contributed by atoms with E-state index in [9.17, 15) is 9.59 Å². The van der Waals surface area contributed by atoms with Crippen LogP contribution < -0.4 is 15.5 Å². The lowest BCUT2D eigenvalue weighted by Crippen LogP contribution is -2.43. The van der Waals surface area contributed by atoms with Gasteiger partial charge in [-0.15, -0.1) is 0 Å². The molecule has 0 saturated carbocycles. The van der Waals surface area contributed by atoms with Crippen LogP contribution in [0.3, 0.4) is 0 Å². The van der Waals surface area contributed by atoms with E-state index in [4.69, 9.17) is 11.6 Å². The van der Waals surface area contributed by atoms with Gasteiger partial charge in [0.2, 0.25) is 5.91 Å². The molecule has 0 saturated heterocycles. The lowest BCUT2D eigenvalue weighted by Gasteiger charge is -2.30. The van der Waals surface area contributed by atoms with Crippen molar-refractivity contribution < 1.29 is 9.59 Å². The van der Waals surface area contributed by atoms with E-state index in [1.54, 1.807) is 15.9 Å². The van der Waals surface area contributed by atoms with Gasteiger partial charge in [-0.05, 0) is 44.5 Å². The average molecular weight is 379 g/mol. The molecule has 7 heteroatoms. The second-order valence-electron chi connectivity index (χ2n) is 6.04. The van der Waals surface area contributed by atoms with Crippen LogP contribution in [0.1, 0.15) is 32.8 Å². The third kappa shape index (κ3) is 4.69. The molecule has 6 nitrogen and oxygen atoms in total. The summed E-state index contributed by atoms with van der Waals surface area (Å²) in [7, 11) is 0. The third-order valence-electron chi connectivity index (χ3n) is 4.34. The molecule has 3 amide bonds. The molecule has 0 spiro atoms. The highest BCUT2D eigenvalue weighted by Crippen LogP contribution is 2.32. The fraction of sp³-hybridized carbons (Fsp3) is 0.474. The molecule has 0 bridgehead atoms. The van der Waals surface area contributed by atoms with E-state index in [0.717, 1.165) is 23.4 Å². The first kappa shape index (κ1) is 20.1. The Balaban J connectivity index is 2.18. The van der Waals surface area contributed by atoms with Crippen LogP contribution in [0.5, 0.6) is 0 Å². The van der Waals surface area contributed by atoms with Crippen molar-refractivity contribution in [3.05, 3.63) is 34.9 Å². The molecule has 1 aliphatic rings. The number of hydrogen-bond donors (Lipinski definition) is 2. The Morgan fingerprint density at radius 2 is 1.96 bits per heavy atom. The minimum absolute atomic E-state index is 0.0441. The third-order valence-corrected chi connectivity index (χ3v) is 4.57. The van der Waals surface area contributed by atoms with Crippen molar-refractivity contribution in [2.45, 2.75) is 27.2 Å². The molecule has 2 rings (SSSR count). The lowest BCUT2D eigenvalue weighted by molar-refractivity contribution is -0.129. The summed E-state index contributed by atoms with van der Waals surface area (Å²) in [6, 6.07) is 5.29. The van der Waals surface area contributed by atoms with E-state index in [0.29, 0.717) is 31.2 Å². The molecule has 142 valence electrons. The second-order valence-corrected chi connectivity index (χ2v) is 6.48. The summed E-state index contributed by atoms with van der Waals surface area (Å²) in [6.45, 7) is 8.58. The van der Waals surface area contributed by atoms with Crippen LogP contribution in [-0.4, -0.2) is 49.6 Å². The fourth-order valence-electron chi connectivity index (χ4n) is 2.90. The number of nitrogens with one attached hydrogen (secondary N) is 2. The Hall–Kier alpha value is -2.21. The minimum atomic E-state index is -0.134. The second kappa shape index (κ2) is 9.48. The summed E-state index contributed by atoms with van der Waals surface area (Å²) < 4.78 is 0. The number of urea groups is 1. The van der Waals surface area contributed by atoms with Crippen molar-refractivity contribution in [2.24, 2.45) is 0 Å². The first-order valence-electron chi connectivity index (χ1n) is 9.08. The van der Waals surface area contributed by atoms with Gasteiger partial charge in [0.15, 0.2) is 0 Å². The molecule has 26 heavy (non-hydrogen) atoms. The highest BCUT2D eigenvalue weighted by molar-refractivity contribution is 6.31. The molecule has 1 aromatic rings. The number of nitrogens with zero attached hydrogens (tertiary/aromatic N) is 2. The van der Waals surface area contributed by atoms with Crippen molar-refractivity contribution >= 4 is 34.9 Å². The highest BCUT2D eigenvalue weighted by Gasteiger charge is 2.24. The average Bonchev–Trinajstić information content (AvgIpc) is 2.64. The van der Waals surface area contributed by atoms with Gasteiger partial charge in [-0.25, -0.2) is 4.79 Å². The molecule has 0 unspecified atom stereocenters. The Labute approximate surface area is 160 Å². The number of rotatable bonds is 7. The molecule has 0 atom stereocenters. The Bertz CT molecular complexity index is 686. The number of carbonyl (C=O) groups is 2. The highest BCUT2D eigenvalue weighted by atomic mass is 35.5. The number of amides is 3. The maximum absolute atomic E-state index is 12.4. The summed E-state index contributed by atoms with van der Waals surface area (Å²) in [4.78, 5) is 28.1. The van der Waals surface area contributed by atoms with Gasteiger partial charge in [0.25, 0.3) is 0 Å². The topological polar surface area (TPSA) is 64.7 Å². The zero-order valence-electron chi connectivity index (χ0n) is 15.6. The zero-order valence-corrected chi connectivity index (χ0v) is 16.4. The number of likely N-dealkylation sites (N-methyl/N-ethyl adjacent to an activating group) is 1.